The number of hydrogen-bond acceptors (Lipinski definition) is 4. The van der Waals surface area contributed by atoms with Gasteiger partial charge in [-0.05, 0) is 36.3 Å². The molecule has 0 saturated heterocycles. The molecule has 1 aliphatic carbocycles. The maximum absolute atomic E-state index is 11.0. The molecule has 0 radical (unpaired) electrons. The van der Waals surface area contributed by atoms with E-state index in [-0.39, 0.29) is 5.69 Å². The molecule has 1 aromatic rings. The second-order valence-corrected chi connectivity index (χ2v) is 5.57. The van der Waals surface area contributed by atoms with Crippen LogP contribution in [0.3, 0.4) is 0 Å². The van der Waals surface area contributed by atoms with Gasteiger partial charge in [-0.3, -0.25) is 10.1 Å². The maximum Gasteiger partial charge on any atom is 0.311 e. The predicted molar refractivity (Wildman–Crippen MR) is 77.9 cm³/mol. The Bertz CT molecular complexity index is 478. The van der Waals surface area contributed by atoms with Gasteiger partial charge in [-0.15, -0.1) is 0 Å². The SMILES string of the molecule is CCC1(CNCc2ccc(OC)c([N+](=O)[O-])c2)CCC1. The Labute approximate surface area is 119 Å². The number of hydrogen-bond donors (Lipinski definition) is 1. The summed E-state index contributed by atoms with van der Waals surface area (Å²) in [6.07, 6.45) is 5.10. The van der Waals surface area contributed by atoms with Crippen LogP contribution in [-0.4, -0.2) is 18.6 Å². The second kappa shape index (κ2) is 6.22. The number of nitro groups is 1. The molecular weight excluding hydrogens is 256 g/mol. The topological polar surface area (TPSA) is 64.4 Å². The molecule has 5 nitrogen and oxygen atoms in total. The summed E-state index contributed by atoms with van der Waals surface area (Å²) in [6.45, 7) is 3.88. The zero-order valence-electron chi connectivity index (χ0n) is 12.1. The third-order valence-electron chi connectivity index (χ3n) is 4.43. The predicted octanol–water partition coefficient (Wildman–Crippen LogP) is 3.27. The van der Waals surface area contributed by atoms with Crippen molar-refractivity contribution in [1.29, 1.82) is 0 Å². The molecule has 2 rings (SSSR count). The summed E-state index contributed by atoms with van der Waals surface area (Å²) in [5.41, 5.74) is 1.40. The van der Waals surface area contributed by atoms with E-state index in [9.17, 15) is 10.1 Å². The molecule has 1 aromatic carbocycles. The fraction of sp³-hybridized carbons (Fsp3) is 0.600. The van der Waals surface area contributed by atoms with Crippen molar-refractivity contribution in [2.75, 3.05) is 13.7 Å². The molecule has 0 aliphatic heterocycles. The maximum atomic E-state index is 11.0. The highest BCUT2D eigenvalue weighted by molar-refractivity contribution is 5.48. The molecule has 0 amide bonds. The second-order valence-electron chi connectivity index (χ2n) is 5.57. The summed E-state index contributed by atoms with van der Waals surface area (Å²) >= 11 is 0. The first kappa shape index (κ1) is 14.8. The fourth-order valence-electron chi connectivity index (χ4n) is 2.79. The Morgan fingerprint density at radius 2 is 2.20 bits per heavy atom. The van der Waals surface area contributed by atoms with Gasteiger partial charge in [0, 0.05) is 19.2 Å². The Balaban J connectivity index is 1.96. The fourth-order valence-corrected chi connectivity index (χ4v) is 2.79. The van der Waals surface area contributed by atoms with Gasteiger partial charge in [-0.25, -0.2) is 0 Å². The number of benzene rings is 1. The molecule has 20 heavy (non-hydrogen) atoms. The normalized spacial score (nSPS) is 16.5. The first-order chi connectivity index (χ1) is 9.60. The quantitative estimate of drug-likeness (QED) is 0.614. The van der Waals surface area contributed by atoms with Gasteiger partial charge in [0.2, 0.25) is 0 Å². The first-order valence-corrected chi connectivity index (χ1v) is 7.12. The van der Waals surface area contributed by atoms with Crippen molar-refractivity contribution in [3.8, 4) is 5.75 Å². The van der Waals surface area contributed by atoms with E-state index >= 15 is 0 Å². The zero-order valence-corrected chi connectivity index (χ0v) is 12.1. The first-order valence-electron chi connectivity index (χ1n) is 7.12. The van der Waals surface area contributed by atoms with E-state index in [1.165, 1.54) is 32.8 Å². The summed E-state index contributed by atoms with van der Waals surface area (Å²) in [5, 5.41) is 14.4. The summed E-state index contributed by atoms with van der Waals surface area (Å²) in [6, 6.07) is 5.12. The Morgan fingerprint density at radius 1 is 1.45 bits per heavy atom. The van der Waals surface area contributed by atoms with Crippen LogP contribution in [0.15, 0.2) is 18.2 Å². The summed E-state index contributed by atoms with van der Waals surface area (Å²) in [7, 11) is 1.45. The van der Waals surface area contributed by atoms with E-state index in [1.807, 2.05) is 6.07 Å². The Kier molecular flexibility index (Phi) is 4.60. The van der Waals surface area contributed by atoms with Crippen molar-refractivity contribution in [2.24, 2.45) is 5.41 Å². The molecule has 1 saturated carbocycles. The van der Waals surface area contributed by atoms with Crippen LogP contribution in [0.4, 0.5) is 5.69 Å². The summed E-state index contributed by atoms with van der Waals surface area (Å²) in [5.74, 6) is 0.308. The van der Waals surface area contributed by atoms with Crippen molar-refractivity contribution in [3.63, 3.8) is 0 Å². The van der Waals surface area contributed by atoms with Gasteiger partial charge in [0.05, 0.1) is 12.0 Å². The van der Waals surface area contributed by atoms with E-state index in [0.717, 1.165) is 12.1 Å². The van der Waals surface area contributed by atoms with Crippen LogP contribution in [0.1, 0.15) is 38.2 Å². The van der Waals surface area contributed by atoms with E-state index in [2.05, 4.69) is 12.2 Å². The number of ether oxygens (including phenoxy) is 1. The molecular formula is C15H22N2O3. The van der Waals surface area contributed by atoms with Crippen LogP contribution in [0, 0.1) is 15.5 Å². The smallest absolute Gasteiger partial charge is 0.311 e. The lowest BCUT2D eigenvalue weighted by molar-refractivity contribution is -0.385. The molecule has 0 spiro atoms. The van der Waals surface area contributed by atoms with Gasteiger partial charge in [0.1, 0.15) is 0 Å². The zero-order chi connectivity index (χ0) is 14.6. The lowest BCUT2D eigenvalue weighted by atomic mass is 9.67. The van der Waals surface area contributed by atoms with Crippen LogP contribution in [0.5, 0.6) is 5.75 Å². The van der Waals surface area contributed by atoms with Crippen molar-refractivity contribution < 1.29 is 9.66 Å². The van der Waals surface area contributed by atoms with Crippen molar-refractivity contribution in [2.45, 2.75) is 39.2 Å². The van der Waals surface area contributed by atoms with Gasteiger partial charge in [-0.1, -0.05) is 19.4 Å². The molecule has 5 heteroatoms. The van der Waals surface area contributed by atoms with Gasteiger partial charge in [0.15, 0.2) is 5.75 Å². The summed E-state index contributed by atoms with van der Waals surface area (Å²) < 4.78 is 5.00. The summed E-state index contributed by atoms with van der Waals surface area (Å²) in [4.78, 5) is 10.6. The standard InChI is InChI=1S/C15H22N2O3/c1-3-15(7-4-8-15)11-16-10-12-5-6-14(20-2)13(9-12)17(18)19/h5-6,9,16H,3-4,7-8,10-11H2,1-2H3. The van der Waals surface area contributed by atoms with E-state index in [0.29, 0.717) is 17.7 Å². The van der Waals surface area contributed by atoms with Crippen LogP contribution < -0.4 is 10.1 Å². The molecule has 0 bridgehead atoms. The monoisotopic (exact) mass is 278 g/mol. The lowest BCUT2D eigenvalue weighted by Gasteiger charge is -2.41. The highest BCUT2D eigenvalue weighted by Gasteiger charge is 2.34. The molecule has 0 heterocycles. The Morgan fingerprint density at radius 3 is 2.70 bits per heavy atom. The lowest BCUT2D eigenvalue weighted by Crippen LogP contribution is -2.39. The number of nitrogens with zero attached hydrogens (tertiary/aromatic N) is 1. The van der Waals surface area contributed by atoms with Crippen molar-refractivity contribution in [3.05, 3.63) is 33.9 Å². The molecule has 1 N–H and O–H groups in total. The van der Waals surface area contributed by atoms with Gasteiger partial charge >= 0.3 is 5.69 Å². The molecule has 0 unspecified atom stereocenters. The highest BCUT2D eigenvalue weighted by atomic mass is 16.6. The van der Waals surface area contributed by atoms with Crippen LogP contribution in [0.2, 0.25) is 0 Å². The number of methoxy groups -OCH3 is 1. The van der Waals surface area contributed by atoms with Gasteiger partial charge in [-0.2, -0.15) is 0 Å². The van der Waals surface area contributed by atoms with Crippen LogP contribution >= 0.6 is 0 Å². The average Bonchev–Trinajstić information content (AvgIpc) is 2.41. The highest BCUT2D eigenvalue weighted by Crippen LogP contribution is 2.43. The average molecular weight is 278 g/mol. The third kappa shape index (κ3) is 3.10. The molecule has 0 atom stereocenters. The Hall–Kier alpha value is -1.62. The molecule has 1 aliphatic rings. The van der Waals surface area contributed by atoms with Gasteiger partial charge < -0.3 is 10.1 Å². The van der Waals surface area contributed by atoms with Crippen molar-refractivity contribution >= 4 is 5.69 Å². The van der Waals surface area contributed by atoms with Crippen molar-refractivity contribution in [1.82, 2.24) is 5.32 Å². The minimum Gasteiger partial charge on any atom is -0.490 e. The minimum atomic E-state index is -0.401. The van der Waals surface area contributed by atoms with Gasteiger partial charge in [0.25, 0.3) is 0 Å². The number of nitro benzene ring substituents is 1. The number of rotatable bonds is 7. The third-order valence-corrected chi connectivity index (χ3v) is 4.43. The number of nitrogens with one attached hydrogen (secondary N) is 1. The van der Waals surface area contributed by atoms with E-state index in [4.69, 9.17) is 4.74 Å². The largest absolute Gasteiger partial charge is 0.490 e. The molecule has 110 valence electrons. The van der Waals surface area contributed by atoms with E-state index < -0.39 is 4.92 Å². The minimum absolute atomic E-state index is 0.0284. The molecule has 0 aromatic heterocycles. The van der Waals surface area contributed by atoms with Crippen LogP contribution in [-0.2, 0) is 6.54 Å². The van der Waals surface area contributed by atoms with Crippen LogP contribution in [0.25, 0.3) is 0 Å². The molecule has 1 fully saturated rings. The van der Waals surface area contributed by atoms with E-state index in [1.54, 1.807) is 12.1 Å².